The lowest BCUT2D eigenvalue weighted by Gasteiger charge is -2.29. The summed E-state index contributed by atoms with van der Waals surface area (Å²) in [6.45, 7) is 0.213. The van der Waals surface area contributed by atoms with Crippen molar-refractivity contribution in [2.45, 2.75) is 12.3 Å². The quantitative estimate of drug-likeness (QED) is 0.746. The van der Waals surface area contributed by atoms with Crippen LogP contribution in [0.25, 0.3) is 0 Å². The van der Waals surface area contributed by atoms with Crippen molar-refractivity contribution in [3.63, 3.8) is 0 Å². The Labute approximate surface area is 104 Å². The lowest BCUT2D eigenvalue weighted by atomic mass is 10.3. The molecule has 1 aromatic heterocycles. The zero-order valence-corrected chi connectivity index (χ0v) is 10.3. The standard InChI is InChI=1S/C9H11BrN2O5/c10-6-1-12(9(15)11-8(6)14)7-4-16-5(2-13)3-17-7/h1,5,7,13H,2-4H2,(H,11,14,15). The predicted octanol–water partition coefficient (Wildman–Crippen LogP) is -0.795. The van der Waals surface area contributed by atoms with Crippen LogP contribution in [0, 0.1) is 0 Å². The number of hydrogen-bond acceptors (Lipinski definition) is 5. The summed E-state index contributed by atoms with van der Waals surface area (Å²) in [5, 5.41) is 8.85. The molecule has 94 valence electrons. The third-order valence-electron chi connectivity index (χ3n) is 2.39. The first-order valence-electron chi connectivity index (χ1n) is 4.97. The van der Waals surface area contributed by atoms with E-state index in [1.165, 1.54) is 10.8 Å². The molecule has 0 aliphatic carbocycles. The van der Waals surface area contributed by atoms with E-state index in [4.69, 9.17) is 14.6 Å². The number of hydrogen-bond donors (Lipinski definition) is 2. The normalized spacial score (nSPS) is 24.8. The van der Waals surface area contributed by atoms with Crippen LogP contribution in [0.2, 0.25) is 0 Å². The van der Waals surface area contributed by atoms with Crippen LogP contribution in [0.5, 0.6) is 0 Å². The van der Waals surface area contributed by atoms with E-state index < -0.39 is 17.5 Å². The molecule has 0 amide bonds. The molecule has 2 atom stereocenters. The van der Waals surface area contributed by atoms with Gasteiger partial charge in [0, 0.05) is 6.20 Å². The van der Waals surface area contributed by atoms with Gasteiger partial charge in [-0.2, -0.15) is 0 Å². The van der Waals surface area contributed by atoms with E-state index in [1.807, 2.05) is 0 Å². The second-order valence-corrected chi connectivity index (χ2v) is 4.42. The number of aromatic nitrogens is 2. The molecule has 8 heteroatoms. The number of H-pyrrole nitrogens is 1. The number of rotatable bonds is 2. The van der Waals surface area contributed by atoms with Gasteiger partial charge >= 0.3 is 5.69 Å². The molecule has 1 aliphatic heterocycles. The maximum absolute atomic E-state index is 11.5. The van der Waals surface area contributed by atoms with Crippen molar-refractivity contribution >= 4 is 15.9 Å². The van der Waals surface area contributed by atoms with Crippen molar-refractivity contribution in [2.75, 3.05) is 19.8 Å². The highest BCUT2D eigenvalue weighted by Gasteiger charge is 2.24. The minimum atomic E-state index is -0.599. The summed E-state index contributed by atoms with van der Waals surface area (Å²) in [5.74, 6) is 0. The van der Waals surface area contributed by atoms with E-state index in [9.17, 15) is 9.59 Å². The van der Waals surface area contributed by atoms with Gasteiger partial charge in [-0.1, -0.05) is 0 Å². The van der Waals surface area contributed by atoms with Crippen LogP contribution in [0.15, 0.2) is 20.3 Å². The van der Waals surface area contributed by atoms with Crippen LogP contribution in [0.4, 0.5) is 0 Å². The zero-order valence-electron chi connectivity index (χ0n) is 8.76. The Morgan fingerprint density at radius 2 is 2.24 bits per heavy atom. The Kier molecular flexibility index (Phi) is 3.77. The van der Waals surface area contributed by atoms with E-state index in [2.05, 4.69) is 20.9 Å². The summed E-state index contributed by atoms with van der Waals surface area (Å²) in [7, 11) is 0. The second-order valence-electron chi connectivity index (χ2n) is 3.57. The van der Waals surface area contributed by atoms with Gasteiger partial charge in [0.05, 0.1) is 24.3 Å². The van der Waals surface area contributed by atoms with Crippen LogP contribution < -0.4 is 11.2 Å². The van der Waals surface area contributed by atoms with E-state index >= 15 is 0 Å². The van der Waals surface area contributed by atoms with Crippen molar-refractivity contribution in [2.24, 2.45) is 0 Å². The molecular weight excluding hydrogens is 296 g/mol. The first-order chi connectivity index (χ1) is 8.11. The van der Waals surface area contributed by atoms with E-state index in [-0.39, 0.29) is 30.4 Å². The number of aromatic amines is 1. The molecule has 0 saturated carbocycles. The van der Waals surface area contributed by atoms with Crippen molar-refractivity contribution in [3.8, 4) is 0 Å². The van der Waals surface area contributed by atoms with Crippen molar-refractivity contribution in [1.29, 1.82) is 0 Å². The lowest BCUT2D eigenvalue weighted by molar-refractivity contribution is -0.172. The molecule has 2 rings (SSSR count). The third-order valence-corrected chi connectivity index (χ3v) is 2.95. The average Bonchev–Trinajstić information content (AvgIpc) is 2.34. The molecule has 1 saturated heterocycles. The summed E-state index contributed by atoms with van der Waals surface area (Å²) < 4.78 is 12.1. The van der Waals surface area contributed by atoms with Crippen molar-refractivity contribution in [3.05, 3.63) is 31.5 Å². The molecule has 2 N–H and O–H groups in total. The first kappa shape index (κ1) is 12.5. The van der Waals surface area contributed by atoms with E-state index in [0.29, 0.717) is 0 Å². The molecule has 0 bridgehead atoms. The summed E-state index contributed by atoms with van der Waals surface area (Å²) in [4.78, 5) is 24.8. The molecule has 2 heterocycles. The Balaban J connectivity index is 2.22. The van der Waals surface area contributed by atoms with Gasteiger partial charge in [-0.15, -0.1) is 0 Å². The molecule has 17 heavy (non-hydrogen) atoms. The topological polar surface area (TPSA) is 93.6 Å². The maximum Gasteiger partial charge on any atom is 0.330 e. The second kappa shape index (κ2) is 5.13. The highest BCUT2D eigenvalue weighted by Crippen LogP contribution is 2.15. The van der Waals surface area contributed by atoms with Gasteiger partial charge in [-0.25, -0.2) is 4.79 Å². The van der Waals surface area contributed by atoms with Crippen LogP contribution >= 0.6 is 15.9 Å². The molecule has 7 nitrogen and oxygen atoms in total. The molecule has 0 aromatic carbocycles. The van der Waals surface area contributed by atoms with Crippen LogP contribution in [0.3, 0.4) is 0 Å². The summed E-state index contributed by atoms with van der Waals surface area (Å²) in [5.41, 5.74) is -1.05. The minimum absolute atomic E-state index is 0.128. The Bertz CT molecular complexity index is 503. The first-order valence-corrected chi connectivity index (χ1v) is 5.76. The number of nitrogens with one attached hydrogen (secondary N) is 1. The SMILES string of the molecule is O=c1[nH]c(=O)n(C2COC(CO)CO2)cc1Br. The number of nitrogens with zero attached hydrogens (tertiary/aromatic N) is 1. The van der Waals surface area contributed by atoms with E-state index in [1.54, 1.807) is 0 Å². The molecule has 1 aliphatic rings. The van der Waals surface area contributed by atoms with Gasteiger partial charge < -0.3 is 14.6 Å². The smallest absolute Gasteiger partial charge is 0.330 e. The van der Waals surface area contributed by atoms with Gasteiger partial charge in [0.2, 0.25) is 0 Å². The highest BCUT2D eigenvalue weighted by atomic mass is 79.9. The van der Waals surface area contributed by atoms with E-state index in [0.717, 1.165) is 0 Å². The van der Waals surface area contributed by atoms with Crippen LogP contribution in [-0.2, 0) is 9.47 Å². The fourth-order valence-electron chi connectivity index (χ4n) is 1.47. The van der Waals surface area contributed by atoms with Crippen molar-refractivity contribution < 1.29 is 14.6 Å². The van der Waals surface area contributed by atoms with Crippen LogP contribution in [-0.4, -0.2) is 40.6 Å². The van der Waals surface area contributed by atoms with Gasteiger partial charge in [-0.05, 0) is 15.9 Å². The van der Waals surface area contributed by atoms with Gasteiger partial charge in [0.25, 0.3) is 5.56 Å². The molecular formula is C9H11BrN2O5. The van der Waals surface area contributed by atoms with Crippen LogP contribution in [0.1, 0.15) is 6.23 Å². The largest absolute Gasteiger partial charge is 0.394 e. The summed E-state index contributed by atoms with van der Waals surface area (Å²) in [6, 6.07) is 0. The number of ether oxygens (including phenoxy) is 2. The van der Waals surface area contributed by atoms with Gasteiger partial charge in [0.15, 0.2) is 6.23 Å². The van der Waals surface area contributed by atoms with Gasteiger partial charge in [-0.3, -0.25) is 14.3 Å². The Morgan fingerprint density at radius 3 is 2.82 bits per heavy atom. The summed E-state index contributed by atoms with van der Waals surface area (Å²) in [6.07, 6.45) is 0.390. The summed E-state index contributed by atoms with van der Waals surface area (Å²) >= 11 is 3.03. The molecule has 0 spiro atoms. The number of aliphatic hydroxyl groups is 1. The molecule has 2 unspecified atom stereocenters. The molecule has 0 radical (unpaired) electrons. The Morgan fingerprint density at radius 1 is 1.47 bits per heavy atom. The lowest BCUT2D eigenvalue weighted by Crippen LogP contribution is -2.41. The van der Waals surface area contributed by atoms with Crippen molar-refractivity contribution in [1.82, 2.24) is 9.55 Å². The molecule has 1 fully saturated rings. The minimum Gasteiger partial charge on any atom is -0.394 e. The highest BCUT2D eigenvalue weighted by molar-refractivity contribution is 9.10. The third kappa shape index (κ3) is 2.65. The average molecular weight is 307 g/mol. The van der Waals surface area contributed by atoms with Gasteiger partial charge in [0.1, 0.15) is 6.10 Å². The predicted molar refractivity (Wildman–Crippen MR) is 60.8 cm³/mol. The maximum atomic E-state index is 11.5. The fourth-order valence-corrected chi connectivity index (χ4v) is 1.79. The number of aliphatic hydroxyl groups excluding tert-OH is 1. The monoisotopic (exact) mass is 306 g/mol. The zero-order chi connectivity index (χ0) is 12.4. The molecule has 1 aromatic rings. The Hall–Kier alpha value is -0.960. The fraction of sp³-hybridized carbons (Fsp3) is 0.556. The number of halogens is 1.